The number of hydrogen-bond donors (Lipinski definition) is 0. The summed E-state index contributed by atoms with van der Waals surface area (Å²) in [5.41, 5.74) is 1.56. The summed E-state index contributed by atoms with van der Waals surface area (Å²) in [6.45, 7) is 0. The van der Waals surface area contributed by atoms with E-state index in [1.165, 1.54) is 16.7 Å². The van der Waals surface area contributed by atoms with E-state index in [1.807, 2.05) is 42.5 Å². The number of amides is 2. The largest absolute Gasteiger partial charge is 0.274 e. The van der Waals surface area contributed by atoms with E-state index in [0.29, 0.717) is 5.69 Å². The SMILES string of the molecule is O=C1C[C@@H](Sc2nc3ccccc3s2)C(=O)N1c1ccccc1. The lowest BCUT2D eigenvalue weighted by atomic mass is 10.3. The average molecular weight is 340 g/mol. The van der Waals surface area contributed by atoms with Gasteiger partial charge in [-0.1, -0.05) is 42.1 Å². The van der Waals surface area contributed by atoms with Gasteiger partial charge < -0.3 is 0 Å². The Labute approximate surface area is 141 Å². The molecule has 0 unspecified atom stereocenters. The van der Waals surface area contributed by atoms with Crippen LogP contribution >= 0.6 is 23.1 Å². The number of carbonyl (C=O) groups excluding carboxylic acids is 2. The lowest BCUT2D eigenvalue weighted by Gasteiger charge is -2.14. The third kappa shape index (κ3) is 2.64. The summed E-state index contributed by atoms with van der Waals surface area (Å²) in [5, 5.41) is -0.400. The first-order valence-electron chi connectivity index (χ1n) is 7.16. The molecular weight excluding hydrogens is 328 g/mol. The highest BCUT2D eigenvalue weighted by Crippen LogP contribution is 2.37. The molecule has 6 heteroatoms. The molecule has 3 aromatic rings. The summed E-state index contributed by atoms with van der Waals surface area (Å²) in [7, 11) is 0. The highest BCUT2D eigenvalue weighted by Gasteiger charge is 2.40. The van der Waals surface area contributed by atoms with Crippen molar-refractivity contribution in [2.45, 2.75) is 16.0 Å². The van der Waals surface area contributed by atoms with Crippen molar-refractivity contribution < 1.29 is 9.59 Å². The minimum atomic E-state index is -0.400. The van der Waals surface area contributed by atoms with Gasteiger partial charge in [0.25, 0.3) is 0 Å². The maximum atomic E-state index is 12.6. The van der Waals surface area contributed by atoms with Crippen LogP contribution in [0, 0.1) is 0 Å². The third-order valence-electron chi connectivity index (χ3n) is 3.64. The van der Waals surface area contributed by atoms with Crippen LogP contribution in [0.2, 0.25) is 0 Å². The maximum Gasteiger partial charge on any atom is 0.247 e. The van der Waals surface area contributed by atoms with E-state index in [4.69, 9.17) is 0 Å². The van der Waals surface area contributed by atoms with E-state index in [-0.39, 0.29) is 18.2 Å². The summed E-state index contributed by atoms with van der Waals surface area (Å²) < 4.78 is 1.92. The van der Waals surface area contributed by atoms with E-state index in [2.05, 4.69) is 4.98 Å². The second-order valence-corrected chi connectivity index (χ2v) is 7.64. The molecule has 23 heavy (non-hydrogen) atoms. The van der Waals surface area contributed by atoms with Gasteiger partial charge in [-0.15, -0.1) is 11.3 Å². The number of para-hydroxylation sites is 2. The van der Waals surface area contributed by atoms with E-state index in [1.54, 1.807) is 23.5 Å². The Kier molecular flexibility index (Phi) is 3.63. The number of fused-ring (bicyclic) bond motifs is 1. The van der Waals surface area contributed by atoms with Crippen LogP contribution in [0.15, 0.2) is 58.9 Å². The second kappa shape index (κ2) is 5.79. The number of aromatic nitrogens is 1. The Morgan fingerprint density at radius 1 is 1.04 bits per heavy atom. The van der Waals surface area contributed by atoms with Crippen molar-refractivity contribution >= 4 is 50.8 Å². The number of hydrogen-bond acceptors (Lipinski definition) is 5. The smallest absolute Gasteiger partial charge is 0.247 e. The number of benzene rings is 2. The van der Waals surface area contributed by atoms with Crippen LogP contribution in [0.1, 0.15) is 6.42 Å². The molecule has 0 radical (unpaired) electrons. The van der Waals surface area contributed by atoms with Crippen LogP contribution in [0.25, 0.3) is 10.2 Å². The van der Waals surface area contributed by atoms with Crippen molar-refractivity contribution in [2.75, 3.05) is 4.90 Å². The number of nitrogens with zero attached hydrogens (tertiary/aromatic N) is 2. The van der Waals surface area contributed by atoms with Gasteiger partial charge in [0.2, 0.25) is 11.8 Å². The minimum absolute atomic E-state index is 0.153. The zero-order chi connectivity index (χ0) is 15.8. The predicted molar refractivity (Wildman–Crippen MR) is 92.8 cm³/mol. The molecular formula is C17H12N2O2S2. The van der Waals surface area contributed by atoms with Crippen molar-refractivity contribution in [2.24, 2.45) is 0 Å². The second-order valence-electron chi connectivity index (χ2n) is 5.16. The average Bonchev–Trinajstić information content (AvgIpc) is 3.09. The number of anilines is 1. The topological polar surface area (TPSA) is 50.3 Å². The molecule has 0 spiro atoms. The molecule has 1 fully saturated rings. The maximum absolute atomic E-state index is 12.6. The molecule has 0 bridgehead atoms. The molecule has 1 aliphatic rings. The monoisotopic (exact) mass is 340 g/mol. The summed E-state index contributed by atoms with van der Waals surface area (Å²) >= 11 is 2.94. The zero-order valence-corrected chi connectivity index (χ0v) is 13.6. The summed E-state index contributed by atoms with van der Waals surface area (Å²) in [4.78, 5) is 30.6. The van der Waals surface area contributed by atoms with Crippen LogP contribution in [-0.2, 0) is 9.59 Å². The van der Waals surface area contributed by atoms with Gasteiger partial charge in [-0.2, -0.15) is 0 Å². The van der Waals surface area contributed by atoms with Gasteiger partial charge in [-0.25, -0.2) is 9.88 Å². The van der Waals surface area contributed by atoms with Crippen molar-refractivity contribution in [1.29, 1.82) is 0 Å². The van der Waals surface area contributed by atoms with Crippen LogP contribution in [0.4, 0.5) is 5.69 Å². The highest BCUT2D eigenvalue weighted by atomic mass is 32.2. The predicted octanol–water partition coefficient (Wildman–Crippen LogP) is 3.72. The highest BCUT2D eigenvalue weighted by molar-refractivity contribution is 8.02. The first-order valence-corrected chi connectivity index (χ1v) is 8.86. The van der Waals surface area contributed by atoms with Crippen LogP contribution in [-0.4, -0.2) is 22.0 Å². The number of imide groups is 1. The van der Waals surface area contributed by atoms with Crippen molar-refractivity contribution in [3.05, 3.63) is 54.6 Å². The minimum Gasteiger partial charge on any atom is -0.274 e. The fraction of sp³-hybridized carbons (Fsp3) is 0.118. The molecule has 1 aromatic heterocycles. The van der Waals surface area contributed by atoms with Crippen LogP contribution in [0.3, 0.4) is 0 Å². The molecule has 4 rings (SSSR count). The van der Waals surface area contributed by atoms with E-state index >= 15 is 0 Å². The fourth-order valence-electron chi connectivity index (χ4n) is 2.57. The van der Waals surface area contributed by atoms with Gasteiger partial charge >= 0.3 is 0 Å². The molecule has 2 heterocycles. The number of carbonyl (C=O) groups is 2. The lowest BCUT2D eigenvalue weighted by molar-refractivity contribution is -0.121. The van der Waals surface area contributed by atoms with Gasteiger partial charge in [-0.05, 0) is 24.3 Å². The number of thioether (sulfide) groups is 1. The molecule has 0 saturated carbocycles. The number of rotatable bonds is 3. The first-order chi connectivity index (χ1) is 11.2. The van der Waals surface area contributed by atoms with Crippen LogP contribution in [0.5, 0.6) is 0 Å². The van der Waals surface area contributed by atoms with Crippen molar-refractivity contribution in [1.82, 2.24) is 4.98 Å². The molecule has 2 amide bonds. The van der Waals surface area contributed by atoms with Gasteiger partial charge in [-0.3, -0.25) is 9.59 Å². The fourth-order valence-corrected chi connectivity index (χ4v) is 4.90. The Morgan fingerprint density at radius 2 is 1.78 bits per heavy atom. The lowest BCUT2D eigenvalue weighted by Crippen LogP contribution is -2.30. The number of thiazole rings is 1. The first kappa shape index (κ1) is 14.4. The Hall–Kier alpha value is -2.18. The van der Waals surface area contributed by atoms with Crippen molar-refractivity contribution in [3.63, 3.8) is 0 Å². The molecule has 0 aliphatic carbocycles. The van der Waals surface area contributed by atoms with Gasteiger partial charge in [0.05, 0.1) is 15.9 Å². The normalized spacial score (nSPS) is 18.1. The van der Waals surface area contributed by atoms with Crippen molar-refractivity contribution in [3.8, 4) is 0 Å². The van der Waals surface area contributed by atoms with Gasteiger partial charge in [0.15, 0.2) is 4.34 Å². The van der Waals surface area contributed by atoms with Crippen LogP contribution < -0.4 is 4.90 Å². The quantitative estimate of drug-likeness (QED) is 0.682. The molecule has 1 atom stereocenters. The molecule has 1 saturated heterocycles. The molecule has 2 aromatic carbocycles. The van der Waals surface area contributed by atoms with E-state index in [0.717, 1.165) is 14.6 Å². The Balaban J connectivity index is 1.58. The summed E-state index contributed by atoms with van der Waals surface area (Å²) in [5.74, 6) is -0.315. The van der Waals surface area contributed by atoms with E-state index in [9.17, 15) is 9.59 Å². The standard InChI is InChI=1S/C17H12N2O2S2/c20-15-10-14(16(21)19(15)11-6-2-1-3-7-11)23-17-18-12-8-4-5-9-13(12)22-17/h1-9,14H,10H2/t14-/m1/s1. The molecule has 114 valence electrons. The molecule has 0 N–H and O–H groups in total. The Morgan fingerprint density at radius 3 is 2.57 bits per heavy atom. The Bertz CT molecular complexity index is 859. The zero-order valence-electron chi connectivity index (χ0n) is 12.0. The van der Waals surface area contributed by atoms with Gasteiger partial charge in [0.1, 0.15) is 5.25 Å². The summed E-state index contributed by atoms with van der Waals surface area (Å²) in [6, 6.07) is 16.9. The van der Waals surface area contributed by atoms with Gasteiger partial charge in [0, 0.05) is 6.42 Å². The molecule has 4 nitrogen and oxygen atoms in total. The molecule has 1 aliphatic heterocycles. The third-order valence-corrected chi connectivity index (χ3v) is 5.95. The summed E-state index contributed by atoms with van der Waals surface area (Å²) in [6.07, 6.45) is 0.217. The van der Waals surface area contributed by atoms with E-state index < -0.39 is 5.25 Å².